The summed E-state index contributed by atoms with van der Waals surface area (Å²) in [5, 5.41) is 49.2. The third-order valence-electron chi connectivity index (χ3n) is 18.8. The van der Waals surface area contributed by atoms with Gasteiger partial charge in [-0.3, -0.25) is 20.0 Å². The largest absolute Gasteiger partial charge is 0.507 e. The first kappa shape index (κ1) is 70.0. The minimum Gasteiger partial charge on any atom is -0.507 e. The Labute approximate surface area is 562 Å². The fraction of sp³-hybridized carbons (Fsp3) is 0.395. The quantitative estimate of drug-likeness (QED) is 0.0718. The molecule has 0 bridgehead atoms. The normalized spacial score (nSPS) is 16.9. The Morgan fingerprint density at radius 3 is 0.745 bits per heavy atom. The molecule has 4 N–H and O–H groups in total. The Hall–Kier alpha value is -8.36. The lowest BCUT2D eigenvalue weighted by Crippen LogP contribution is -2.20. The average molecular weight is 1260 g/mol. The highest BCUT2D eigenvalue weighted by Crippen LogP contribution is 2.50. The van der Waals surface area contributed by atoms with Gasteiger partial charge >= 0.3 is 0 Å². The maximum absolute atomic E-state index is 12.6. The zero-order valence-electron chi connectivity index (χ0n) is 59.3. The van der Waals surface area contributed by atoms with Crippen molar-refractivity contribution in [2.24, 2.45) is 20.0 Å². The molecule has 1 fully saturated rings. The fourth-order valence-corrected chi connectivity index (χ4v) is 13.2. The maximum Gasteiger partial charge on any atom is 0.128 e. The van der Waals surface area contributed by atoms with Crippen LogP contribution in [0.1, 0.15) is 275 Å². The zero-order valence-corrected chi connectivity index (χ0v) is 59.3. The molecule has 8 heteroatoms. The van der Waals surface area contributed by atoms with Gasteiger partial charge in [-0.05, 0) is 126 Å². The molecule has 0 spiro atoms. The molecule has 0 unspecified atom stereocenters. The minimum absolute atomic E-state index is 0.0618. The van der Waals surface area contributed by atoms with E-state index in [0.717, 1.165) is 92.4 Å². The summed E-state index contributed by atoms with van der Waals surface area (Å²) >= 11 is 0. The van der Waals surface area contributed by atoms with Crippen molar-refractivity contribution in [1.82, 2.24) is 0 Å². The van der Waals surface area contributed by atoms with Gasteiger partial charge in [-0.25, -0.2) is 0 Å². The Bertz CT molecular complexity index is 3760. The van der Waals surface area contributed by atoms with Crippen molar-refractivity contribution in [3.63, 3.8) is 0 Å². The smallest absolute Gasteiger partial charge is 0.128 e. The lowest BCUT2D eigenvalue weighted by atomic mass is 9.70. The monoisotopic (exact) mass is 1260 g/mol. The topological polar surface area (TPSA) is 130 Å². The van der Waals surface area contributed by atoms with Gasteiger partial charge in [0.1, 0.15) is 47.2 Å². The van der Waals surface area contributed by atoms with E-state index in [2.05, 4.69) is 222 Å². The van der Waals surface area contributed by atoms with E-state index in [0.29, 0.717) is 22.3 Å². The van der Waals surface area contributed by atoms with E-state index in [1.807, 2.05) is 97.7 Å². The van der Waals surface area contributed by atoms with E-state index in [1.165, 1.54) is 0 Å². The second-order valence-electron chi connectivity index (χ2n) is 32.5. The molecular weight excluding hydrogens is 1150 g/mol. The van der Waals surface area contributed by atoms with Crippen molar-refractivity contribution in [2.75, 3.05) is 0 Å². The zero-order chi connectivity index (χ0) is 68.3. The fourth-order valence-electron chi connectivity index (χ4n) is 13.2. The van der Waals surface area contributed by atoms with Gasteiger partial charge in [-0.2, -0.15) is 0 Å². The van der Waals surface area contributed by atoms with Crippen LogP contribution in [0, 0.1) is 0 Å². The van der Waals surface area contributed by atoms with E-state index >= 15 is 0 Å². The Morgan fingerprint density at radius 2 is 0.521 bits per heavy atom. The number of phenols is 4. The van der Waals surface area contributed by atoms with E-state index in [4.69, 9.17) is 20.0 Å². The molecule has 9 rings (SSSR count). The summed E-state index contributed by atoms with van der Waals surface area (Å²) < 4.78 is 0. The van der Waals surface area contributed by atoms with Crippen LogP contribution in [-0.2, 0) is 32.5 Å². The van der Waals surface area contributed by atoms with E-state index < -0.39 is 35.0 Å². The van der Waals surface area contributed by atoms with Crippen molar-refractivity contribution in [1.29, 1.82) is 0 Å². The van der Waals surface area contributed by atoms with Gasteiger partial charge in [0.25, 0.3) is 0 Å². The van der Waals surface area contributed by atoms with E-state index in [9.17, 15) is 20.4 Å². The first-order valence-corrected chi connectivity index (χ1v) is 33.9. The van der Waals surface area contributed by atoms with Crippen LogP contribution in [0.3, 0.4) is 0 Å². The highest BCUT2D eigenvalue weighted by atomic mass is 16.3. The third kappa shape index (κ3) is 16.4. The Morgan fingerprint density at radius 1 is 0.298 bits per heavy atom. The number of hydrogen-bond donors (Lipinski definition) is 4. The van der Waals surface area contributed by atoms with Crippen LogP contribution in [0.4, 0.5) is 0 Å². The molecule has 8 nitrogen and oxygen atoms in total. The molecule has 0 radical (unpaired) electrons. The molecule has 0 heterocycles. The highest BCUT2D eigenvalue weighted by molar-refractivity contribution is 5.88. The average Bonchev–Trinajstić information content (AvgIpc) is 0.781. The lowest BCUT2D eigenvalue weighted by molar-refractivity contribution is 0.382. The predicted octanol–water partition coefficient (Wildman–Crippen LogP) is 21.8. The first-order valence-electron chi connectivity index (χ1n) is 33.9. The molecule has 94 heavy (non-hydrogen) atoms. The maximum atomic E-state index is 12.6. The second kappa shape index (κ2) is 27.9. The number of aromatic hydroxyl groups is 4. The molecule has 1 saturated carbocycles. The molecule has 0 saturated heterocycles. The van der Waals surface area contributed by atoms with Crippen LogP contribution in [-0.4, -0.2) is 45.3 Å². The number of aliphatic imine (C=N–C) groups is 4. The number of nitrogens with zero attached hydrogens (tertiary/aromatic N) is 4. The van der Waals surface area contributed by atoms with Crippen LogP contribution in [0.25, 0.3) is 0 Å². The van der Waals surface area contributed by atoms with Crippen LogP contribution in [0.2, 0.25) is 0 Å². The van der Waals surface area contributed by atoms with Gasteiger partial charge < -0.3 is 20.4 Å². The van der Waals surface area contributed by atoms with Crippen molar-refractivity contribution < 1.29 is 20.4 Å². The van der Waals surface area contributed by atoms with Gasteiger partial charge in [-0.15, -0.1) is 0 Å². The third-order valence-corrected chi connectivity index (χ3v) is 18.8. The number of hydrogen-bond acceptors (Lipinski definition) is 8. The molecule has 492 valence electrons. The summed E-state index contributed by atoms with van der Waals surface area (Å²) in [6, 6.07) is 56.1. The van der Waals surface area contributed by atoms with E-state index in [-0.39, 0.29) is 56.5 Å². The van der Waals surface area contributed by atoms with Crippen LogP contribution < -0.4 is 0 Å². The van der Waals surface area contributed by atoms with E-state index in [1.54, 1.807) is 0 Å². The molecule has 1 aliphatic rings. The van der Waals surface area contributed by atoms with Crippen molar-refractivity contribution in [3.8, 4) is 23.0 Å². The van der Waals surface area contributed by atoms with Gasteiger partial charge in [0.2, 0.25) is 0 Å². The molecule has 8 aromatic rings. The Kier molecular flexibility index (Phi) is 20.8. The van der Waals surface area contributed by atoms with Gasteiger partial charge in [0.15, 0.2) is 0 Å². The summed E-state index contributed by atoms with van der Waals surface area (Å²) in [4.78, 5) is 21.9. The van der Waals surface area contributed by atoms with Gasteiger partial charge in [-0.1, -0.05) is 283 Å². The molecule has 0 aliphatic heterocycles. The second-order valence-corrected chi connectivity index (χ2v) is 32.5. The summed E-state index contributed by atoms with van der Waals surface area (Å²) in [6.07, 6.45) is 11.3. The van der Waals surface area contributed by atoms with Crippen molar-refractivity contribution in [2.45, 2.75) is 219 Å². The van der Waals surface area contributed by atoms with Crippen molar-refractivity contribution >= 4 is 24.9 Å². The number of phenolic OH excluding ortho intramolecular Hbond substituents is 4. The summed E-state index contributed by atoms with van der Waals surface area (Å²) in [6.45, 7) is 38.8. The summed E-state index contributed by atoms with van der Waals surface area (Å²) in [7, 11) is 0. The standard InChI is InChI=1S/C86H104N4O4/c1-81(2,3)65-45-63(79(93)71(49-65)85(13,14)15)53-89-75(57-37-27-21-28-38-57)73(55-33-23-19-24-34-55)87-51-61-43-59(47-69(77(61)91)83(7,8)9)67-41-31-32-42-68(67)60-44-62(78(92)70(48-60)84(10,11)12)52-88-74(56-35-25-20-26-36-56)76(58-39-29-22-30-40-58)90-54-64-46-66(82(4,5)6)50-72(80(64)94)86(16,17)18/h19-30,33-40,43-54,67-68,73-76,91-94H,31-32,41-42H2,1-18H3/t67-,68-,73-,74-,75-,76-/m1/s1. The van der Waals surface area contributed by atoms with Crippen molar-refractivity contribution in [3.05, 3.63) is 259 Å². The first-order chi connectivity index (χ1) is 44.1. The number of rotatable bonds is 16. The molecule has 6 atom stereocenters. The Balaban J connectivity index is 1.16. The molecule has 1 aliphatic carbocycles. The number of benzene rings is 8. The van der Waals surface area contributed by atoms with Gasteiger partial charge in [0.05, 0.1) is 0 Å². The molecule has 8 aromatic carbocycles. The van der Waals surface area contributed by atoms with Gasteiger partial charge in [0, 0.05) is 69.4 Å². The predicted molar refractivity (Wildman–Crippen MR) is 396 cm³/mol. The summed E-state index contributed by atoms with van der Waals surface area (Å²) in [5.74, 6) is 0.972. The summed E-state index contributed by atoms with van der Waals surface area (Å²) in [5.41, 5.74) is 12.5. The van der Waals surface area contributed by atoms with Crippen LogP contribution >= 0.6 is 0 Å². The van der Waals surface area contributed by atoms with Crippen LogP contribution in [0.15, 0.2) is 190 Å². The molecular formula is C86H104N4O4. The minimum atomic E-state index is -0.525. The highest BCUT2D eigenvalue weighted by Gasteiger charge is 2.35. The lowest BCUT2D eigenvalue weighted by Gasteiger charge is -2.35. The van der Waals surface area contributed by atoms with Crippen LogP contribution in [0.5, 0.6) is 23.0 Å². The molecule has 0 amide bonds. The SMILES string of the molecule is CC(C)(C)c1cc(C=N[C@H](c2ccccc2)[C@H](N=Cc2cc([C@H]3CCCC[C@@H]3c3cc(C=N[C@H](c4ccccc4)[C@H](N=Cc4cc(C(C)(C)C)cc(C(C)(C)C)c4O)c4ccccc4)c(O)c(C(C)(C)C)c3)cc(C(C)(C)C)c2O)c2ccccc2)c(O)c(C(C)(C)C)c1. The molecule has 0 aromatic heterocycles.